The van der Waals surface area contributed by atoms with E-state index in [1.54, 1.807) is 36.4 Å². The monoisotopic (exact) mass is 402 g/mol. The van der Waals surface area contributed by atoms with E-state index in [0.717, 1.165) is 18.8 Å². The first-order chi connectivity index (χ1) is 14.6. The average Bonchev–Trinajstić information content (AvgIpc) is 3.46. The number of carboxylic acid groups (broad SMARTS) is 1. The summed E-state index contributed by atoms with van der Waals surface area (Å²) >= 11 is 0. The molecule has 0 aliphatic carbocycles. The summed E-state index contributed by atoms with van der Waals surface area (Å²) < 4.78 is 5.65. The number of hydrogen-bond acceptors (Lipinski definition) is 6. The van der Waals surface area contributed by atoms with E-state index in [1.165, 1.54) is 31.2 Å². The van der Waals surface area contributed by atoms with E-state index < -0.39 is 5.97 Å². The third-order valence-electron chi connectivity index (χ3n) is 4.97. The number of furan rings is 1. The normalized spacial score (nSPS) is 13.7. The number of carbonyl (C=O) groups is 2. The molecule has 2 aromatic carbocycles. The number of hydrogen-bond donors (Lipinski definition) is 1. The first-order valence-electron chi connectivity index (χ1n) is 9.70. The van der Waals surface area contributed by atoms with Crippen molar-refractivity contribution in [2.45, 2.75) is 12.8 Å². The van der Waals surface area contributed by atoms with Crippen molar-refractivity contribution in [3.8, 4) is 11.3 Å². The lowest BCUT2D eigenvalue weighted by molar-refractivity contribution is -0.255. The van der Waals surface area contributed by atoms with Crippen LogP contribution in [0.2, 0.25) is 0 Å². The fourth-order valence-electron chi connectivity index (χ4n) is 3.39. The Morgan fingerprint density at radius 2 is 1.77 bits per heavy atom. The Labute approximate surface area is 173 Å². The molecule has 0 saturated carbocycles. The minimum atomic E-state index is -1.25. The van der Waals surface area contributed by atoms with Gasteiger partial charge in [-0.25, -0.2) is 5.43 Å². The molecule has 1 aromatic heterocycles. The van der Waals surface area contributed by atoms with E-state index in [4.69, 9.17) is 4.42 Å². The predicted molar refractivity (Wildman–Crippen MR) is 111 cm³/mol. The number of carboxylic acids is 1. The van der Waals surface area contributed by atoms with Gasteiger partial charge >= 0.3 is 0 Å². The Morgan fingerprint density at radius 1 is 1.00 bits per heavy atom. The summed E-state index contributed by atoms with van der Waals surface area (Å²) in [5.41, 5.74) is 4.81. The Kier molecular flexibility index (Phi) is 5.61. The van der Waals surface area contributed by atoms with Gasteiger partial charge in [-0.1, -0.05) is 18.2 Å². The van der Waals surface area contributed by atoms with Gasteiger partial charge in [-0.3, -0.25) is 4.79 Å². The number of carbonyl (C=O) groups excluding carboxylic acids is 2. The van der Waals surface area contributed by atoms with E-state index in [2.05, 4.69) is 15.4 Å². The maximum atomic E-state index is 12.3. The zero-order chi connectivity index (χ0) is 20.9. The van der Waals surface area contributed by atoms with E-state index >= 15 is 0 Å². The van der Waals surface area contributed by atoms with Crippen LogP contribution in [0.15, 0.2) is 70.2 Å². The van der Waals surface area contributed by atoms with Crippen LogP contribution < -0.4 is 15.4 Å². The van der Waals surface area contributed by atoms with Crippen molar-refractivity contribution in [3.05, 3.63) is 77.6 Å². The SMILES string of the molecule is O=C([O-])c1cccc(-c2ccc(/C=N\NC(=O)c3ccc(N4CCCC4)cc3)o2)c1. The highest BCUT2D eigenvalue weighted by molar-refractivity contribution is 5.95. The lowest BCUT2D eigenvalue weighted by Gasteiger charge is -2.17. The summed E-state index contributed by atoms with van der Waals surface area (Å²) in [6.07, 6.45) is 3.80. The van der Waals surface area contributed by atoms with Gasteiger partial charge in [-0.15, -0.1) is 0 Å². The summed E-state index contributed by atoms with van der Waals surface area (Å²) in [6.45, 7) is 2.11. The standard InChI is InChI=1S/C23H21N3O4/c27-22(16-6-8-19(9-7-16)26-12-1-2-13-26)25-24-15-20-10-11-21(30-20)17-4-3-5-18(14-17)23(28)29/h3-11,14-15H,1-2,12-13H2,(H,25,27)(H,28,29)/p-1/b24-15-. The van der Waals surface area contributed by atoms with Gasteiger partial charge in [-0.2, -0.15) is 5.10 Å². The van der Waals surface area contributed by atoms with Crippen LogP contribution in [-0.4, -0.2) is 31.2 Å². The fourth-order valence-corrected chi connectivity index (χ4v) is 3.39. The molecule has 0 unspecified atom stereocenters. The molecule has 4 rings (SSSR count). The molecule has 1 fully saturated rings. The molecule has 152 valence electrons. The second-order valence-corrected chi connectivity index (χ2v) is 7.01. The summed E-state index contributed by atoms with van der Waals surface area (Å²) in [6, 6.07) is 17.1. The molecule has 1 saturated heterocycles. The Balaban J connectivity index is 1.37. The van der Waals surface area contributed by atoms with Crippen LogP contribution in [0.1, 0.15) is 39.3 Å². The zero-order valence-electron chi connectivity index (χ0n) is 16.2. The number of nitrogens with one attached hydrogen (secondary N) is 1. The third kappa shape index (κ3) is 4.41. The summed E-state index contributed by atoms with van der Waals surface area (Å²) in [7, 11) is 0. The van der Waals surface area contributed by atoms with E-state index in [0.29, 0.717) is 22.6 Å². The van der Waals surface area contributed by atoms with Gasteiger partial charge in [0.15, 0.2) is 0 Å². The second kappa shape index (κ2) is 8.65. The molecular weight excluding hydrogens is 382 g/mol. The first-order valence-corrected chi connectivity index (χ1v) is 9.70. The van der Waals surface area contributed by atoms with Crippen molar-refractivity contribution < 1.29 is 19.1 Å². The molecule has 0 bridgehead atoms. The summed E-state index contributed by atoms with van der Waals surface area (Å²) in [5.74, 6) is -0.647. The summed E-state index contributed by atoms with van der Waals surface area (Å²) in [4.78, 5) is 25.6. The van der Waals surface area contributed by atoms with Gasteiger partial charge in [-0.05, 0) is 60.9 Å². The molecule has 1 aliphatic heterocycles. The Morgan fingerprint density at radius 3 is 2.50 bits per heavy atom. The topological polar surface area (TPSA) is 98.0 Å². The number of aromatic carboxylic acids is 1. The lowest BCUT2D eigenvalue weighted by Crippen LogP contribution is -2.22. The Bertz CT molecular complexity index is 1080. The minimum Gasteiger partial charge on any atom is -0.545 e. The van der Waals surface area contributed by atoms with Crippen molar-refractivity contribution in [1.82, 2.24) is 5.43 Å². The third-order valence-corrected chi connectivity index (χ3v) is 4.97. The molecule has 7 nitrogen and oxygen atoms in total. The number of hydrazone groups is 1. The average molecular weight is 402 g/mol. The van der Waals surface area contributed by atoms with Gasteiger partial charge < -0.3 is 19.2 Å². The van der Waals surface area contributed by atoms with Gasteiger partial charge in [0.05, 0.1) is 12.2 Å². The highest BCUT2D eigenvalue weighted by Gasteiger charge is 2.13. The van der Waals surface area contributed by atoms with Crippen LogP contribution in [0.5, 0.6) is 0 Å². The molecule has 3 aromatic rings. The molecular formula is C23H20N3O4-. The predicted octanol–water partition coefficient (Wildman–Crippen LogP) is 2.67. The molecule has 0 spiro atoms. The van der Waals surface area contributed by atoms with Gasteiger partial charge in [0, 0.05) is 29.9 Å². The van der Waals surface area contributed by atoms with Crippen LogP contribution >= 0.6 is 0 Å². The highest BCUT2D eigenvalue weighted by atomic mass is 16.4. The molecule has 1 amide bonds. The largest absolute Gasteiger partial charge is 0.545 e. The molecule has 1 aliphatic rings. The molecule has 1 N–H and O–H groups in total. The molecule has 30 heavy (non-hydrogen) atoms. The maximum absolute atomic E-state index is 12.3. The van der Waals surface area contributed by atoms with Crippen LogP contribution in [-0.2, 0) is 0 Å². The van der Waals surface area contributed by atoms with Crippen molar-refractivity contribution in [2.75, 3.05) is 18.0 Å². The number of rotatable bonds is 6. The molecule has 2 heterocycles. The summed E-state index contributed by atoms with van der Waals surface area (Å²) in [5, 5.41) is 14.9. The zero-order valence-corrected chi connectivity index (χ0v) is 16.2. The van der Waals surface area contributed by atoms with Gasteiger partial charge in [0.1, 0.15) is 11.5 Å². The quantitative estimate of drug-likeness (QED) is 0.505. The van der Waals surface area contributed by atoms with E-state index in [1.807, 2.05) is 12.1 Å². The fraction of sp³-hybridized carbons (Fsp3) is 0.174. The Hall–Kier alpha value is -3.87. The van der Waals surface area contributed by atoms with Crippen LogP contribution in [0.25, 0.3) is 11.3 Å². The minimum absolute atomic E-state index is 0.0714. The van der Waals surface area contributed by atoms with Crippen LogP contribution in [0, 0.1) is 0 Å². The van der Waals surface area contributed by atoms with Crippen molar-refractivity contribution >= 4 is 23.8 Å². The van der Waals surface area contributed by atoms with Crippen LogP contribution in [0.4, 0.5) is 5.69 Å². The number of nitrogens with zero attached hydrogens (tertiary/aromatic N) is 2. The molecule has 0 radical (unpaired) electrons. The second-order valence-electron chi connectivity index (χ2n) is 7.01. The van der Waals surface area contributed by atoms with Crippen LogP contribution in [0.3, 0.4) is 0 Å². The lowest BCUT2D eigenvalue weighted by atomic mass is 10.1. The van der Waals surface area contributed by atoms with E-state index in [-0.39, 0.29) is 11.5 Å². The van der Waals surface area contributed by atoms with Gasteiger partial charge in [0.2, 0.25) is 0 Å². The van der Waals surface area contributed by atoms with Gasteiger partial charge in [0.25, 0.3) is 5.91 Å². The number of anilines is 1. The van der Waals surface area contributed by atoms with Crippen molar-refractivity contribution in [3.63, 3.8) is 0 Å². The smallest absolute Gasteiger partial charge is 0.271 e. The highest BCUT2D eigenvalue weighted by Crippen LogP contribution is 2.23. The molecule has 7 heteroatoms. The number of benzene rings is 2. The number of amides is 1. The maximum Gasteiger partial charge on any atom is 0.271 e. The van der Waals surface area contributed by atoms with Crippen molar-refractivity contribution in [1.29, 1.82) is 0 Å². The first kappa shape index (κ1) is 19.4. The molecule has 0 atom stereocenters. The van der Waals surface area contributed by atoms with Crippen molar-refractivity contribution in [2.24, 2.45) is 5.10 Å². The van der Waals surface area contributed by atoms with E-state index in [9.17, 15) is 14.7 Å².